The van der Waals surface area contributed by atoms with E-state index in [1.54, 1.807) is 0 Å². The number of amides is 1. The molecule has 0 saturated carbocycles. The first-order chi connectivity index (χ1) is 10.6. The van der Waals surface area contributed by atoms with Gasteiger partial charge in [-0.25, -0.2) is 0 Å². The fourth-order valence-corrected chi connectivity index (χ4v) is 2.37. The molecule has 2 N–H and O–H groups in total. The zero-order valence-corrected chi connectivity index (χ0v) is 13.7. The number of para-hydroxylation sites is 1. The van der Waals surface area contributed by atoms with Gasteiger partial charge in [-0.1, -0.05) is 42.8 Å². The molecule has 22 heavy (non-hydrogen) atoms. The summed E-state index contributed by atoms with van der Waals surface area (Å²) in [6, 6.07) is 13.7. The molecule has 0 fully saturated rings. The molecular weight excluding hydrogens is 296 g/mol. The minimum Gasteiger partial charge on any atom is -0.384 e. The second kappa shape index (κ2) is 7.85. The molecule has 0 heterocycles. The normalized spacial score (nSPS) is 10.3. The van der Waals surface area contributed by atoms with Crippen LogP contribution in [0.4, 0.5) is 11.4 Å². The summed E-state index contributed by atoms with van der Waals surface area (Å²) in [5.41, 5.74) is 4.01. The van der Waals surface area contributed by atoms with Gasteiger partial charge in [-0.05, 0) is 42.7 Å². The third-order valence-corrected chi connectivity index (χ3v) is 3.93. The number of carbonyl (C=O) groups is 1. The fraction of sp³-hybridized carbons (Fsp3) is 0.278. The molecule has 0 unspecified atom stereocenters. The third-order valence-electron chi connectivity index (χ3n) is 3.53. The lowest BCUT2D eigenvalue weighted by molar-refractivity contribution is -0.115. The maximum absolute atomic E-state index is 12.0. The van der Waals surface area contributed by atoms with Crippen molar-refractivity contribution >= 4 is 28.9 Å². The van der Waals surface area contributed by atoms with Crippen LogP contribution in [0, 0.1) is 6.92 Å². The van der Waals surface area contributed by atoms with Gasteiger partial charge < -0.3 is 10.6 Å². The standard InChI is InChI=1S/C18H21ClN2O/c1-3-14-6-4-5-7-17(14)21-18(22)10-11-20-15-9-8-13(2)16(19)12-15/h4-9,12,20H,3,10-11H2,1-2H3,(H,21,22). The van der Waals surface area contributed by atoms with Crippen LogP contribution in [0.5, 0.6) is 0 Å². The van der Waals surface area contributed by atoms with Crippen LogP contribution in [-0.4, -0.2) is 12.5 Å². The Morgan fingerprint density at radius 1 is 1.18 bits per heavy atom. The van der Waals surface area contributed by atoms with Gasteiger partial charge in [0.05, 0.1) is 0 Å². The smallest absolute Gasteiger partial charge is 0.226 e. The molecule has 2 aromatic rings. The Morgan fingerprint density at radius 3 is 2.68 bits per heavy atom. The van der Waals surface area contributed by atoms with Crippen LogP contribution in [0.15, 0.2) is 42.5 Å². The first-order valence-corrected chi connectivity index (χ1v) is 7.85. The molecular formula is C18H21ClN2O. The number of aryl methyl sites for hydroxylation is 2. The van der Waals surface area contributed by atoms with Crippen molar-refractivity contribution in [3.63, 3.8) is 0 Å². The Hall–Kier alpha value is -2.00. The number of nitrogens with one attached hydrogen (secondary N) is 2. The fourth-order valence-electron chi connectivity index (χ4n) is 2.19. The van der Waals surface area contributed by atoms with E-state index >= 15 is 0 Å². The van der Waals surface area contributed by atoms with Gasteiger partial charge in [0.25, 0.3) is 0 Å². The molecule has 3 nitrogen and oxygen atoms in total. The summed E-state index contributed by atoms with van der Waals surface area (Å²) in [4.78, 5) is 12.0. The van der Waals surface area contributed by atoms with E-state index in [9.17, 15) is 4.79 Å². The van der Waals surface area contributed by atoms with Crippen molar-refractivity contribution in [2.75, 3.05) is 17.2 Å². The monoisotopic (exact) mass is 316 g/mol. The summed E-state index contributed by atoms with van der Waals surface area (Å²) < 4.78 is 0. The van der Waals surface area contributed by atoms with E-state index in [1.807, 2.05) is 49.4 Å². The number of hydrogen-bond donors (Lipinski definition) is 2. The van der Waals surface area contributed by atoms with Crippen molar-refractivity contribution in [1.82, 2.24) is 0 Å². The maximum atomic E-state index is 12.0. The highest BCUT2D eigenvalue weighted by Crippen LogP contribution is 2.20. The van der Waals surface area contributed by atoms with Crippen molar-refractivity contribution in [2.24, 2.45) is 0 Å². The molecule has 2 rings (SSSR count). The minimum absolute atomic E-state index is 0.00612. The summed E-state index contributed by atoms with van der Waals surface area (Å²) in [6.45, 7) is 4.61. The van der Waals surface area contributed by atoms with E-state index in [2.05, 4.69) is 17.6 Å². The molecule has 0 aliphatic heterocycles. The molecule has 2 aromatic carbocycles. The van der Waals surface area contributed by atoms with Crippen molar-refractivity contribution in [3.05, 3.63) is 58.6 Å². The predicted octanol–water partition coefficient (Wildman–Crippen LogP) is 4.65. The molecule has 0 spiro atoms. The van der Waals surface area contributed by atoms with Crippen molar-refractivity contribution in [3.8, 4) is 0 Å². The second-order valence-corrected chi connectivity index (χ2v) is 5.61. The maximum Gasteiger partial charge on any atom is 0.226 e. The lowest BCUT2D eigenvalue weighted by Crippen LogP contribution is -2.17. The van der Waals surface area contributed by atoms with Crippen molar-refractivity contribution < 1.29 is 4.79 Å². The Balaban J connectivity index is 1.84. The van der Waals surface area contributed by atoms with E-state index in [0.717, 1.165) is 33.9 Å². The molecule has 0 saturated heterocycles. The van der Waals surface area contributed by atoms with E-state index in [4.69, 9.17) is 11.6 Å². The van der Waals surface area contributed by atoms with Gasteiger partial charge in [-0.3, -0.25) is 4.79 Å². The zero-order valence-electron chi connectivity index (χ0n) is 12.9. The lowest BCUT2D eigenvalue weighted by Gasteiger charge is -2.11. The van der Waals surface area contributed by atoms with Gasteiger partial charge in [0, 0.05) is 29.4 Å². The molecule has 0 radical (unpaired) electrons. The highest BCUT2D eigenvalue weighted by Gasteiger charge is 2.05. The van der Waals surface area contributed by atoms with Crippen molar-refractivity contribution in [2.45, 2.75) is 26.7 Å². The van der Waals surface area contributed by atoms with Crippen LogP contribution in [0.25, 0.3) is 0 Å². The Kier molecular flexibility index (Phi) is 5.84. The van der Waals surface area contributed by atoms with Crippen LogP contribution in [-0.2, 0) is 11.2 Å². The van der Waals surface area contributed by atoms with Gasteiger partial charge in [-0.15, -0.1) is 0 Å². The van der Waals surface area contributed by atoms with Crippen LogP contribution in [0.1, 0.15) is 24.5 Å². The van der Waals surface area contributed by atoms with Gasteiger partial charge in [0.1, 0.15) is 0 Å². The molecule has 0 bridgehead atoms. The first kappa shape index (κ1) is 16.4. The third kappa shape index (κ3) is 4.50. The SMILES string of the molecule is CCc1ccccc1NC(=O)CCNc1ccc(C)c(Cl)c1. The number of anilines is 2. The van der Waals surface area contributed by atoms with Gasteiger partial charge in [-0.2, -0.15) is 0 Å². The second-order valence-electron chi connectivity index (χ2n) is 5.20. The van der Waals surface area contributed by atoms with Crippen molar-refractivity contribution in [1.29, 1.82) is 0 Å². The zero-order chi connectivity index (χ0) is 15.9. The van der Waals surface area contributed by atoms with Gasteiger partial charge in [0.15, 0.2) is 0 Å². The summed E-state index contributed by atoms with van der Waals surface area (Å²) in [5.74, 6) is 0.00612. The summed E-state index contributed by atoms with van der Waals surface area (Å²) in [7, 11) is 0. The largest absolute Gasteiger partial charge is 0.384 e. The number of hydrogen-bond acceptors (Lipinski definition) is 2. The molecule has 1 amide bonds. The average molecular weight is 317 g/mol. The van der Waals surface area contributed by atoms with Gasteiger partial charge >= 0.3 is 0 Å². The van der Waals surface area contributed by atoms with E-state index < -0.39 is 0 Å². The Morgan fingerprint density at radius 2 is 1.95 bits per heavy atom. The molecule has 116 valence electrons. The lowest BCUT2D eigenvalue weighted by atomic mass is 10.1. The first-order valence-electron chi connectivity index (χ1n) is 7.48. The summed E-state index contributed by atoms with van der Waals surface area (Å²) in [5, 5.41) is 6.90. The molecule has 0 aromatic heterocycles. The predicted molar refractivity (Wildman–Crippen MR) is 93.7 cm³/mol. The van der Waals surface area contributed by atoms with Crippen LogP contribution >= 0.6 is 11.6 Å². The summed E-state index contributed by atoms with van der Waals surface area (Å²) >= 11 is 6.08. The summed E-state index contributed by atoms with van der Waals surface area (Å²) in [6.07, 6.45) is 1.31. The topological polar surface area (TPSA) is 41.1 Å². The Labute approximate surface area is 136 Å². The van der Waals surface area contributed by atoms with Crippen LogP contribution in [0.3, 0.4) is 0 Å². The molecule has 0 atom stereocenters. The van der Waals surface area contributed by atoms with Gasteiger partial charge in [0.2, 0.25) is 5.91 Å². The average Bonchev–Trinajstić information content (AvgIpc) is 2.51. The van der Waals surface area contributed by atoms with E-state index in [-0.39, 0.29) is 5.91 Å². The van der Waals surface area contributed by atoms with Crippen LogP contribution in [0.2, 0.25) is 5.02 Å². The number of halogens is 1. The molecule has 4 heteroatoms. The number of benzene rings is 2. The molecule has 0 aliphatic rings. The highest BCUT2D eigenvalue weighted by molar-refractivity contribution is 6.31. The minimum atomic E-state index is 0.00612. The van der Waals surface area contributed by atoms with E-state index in [1.165, 1.54) is 0 Å². The highest BCUT2D eigenvalue weighted by atomic mass is 35.5. The number of carbonyl (C=O) groups excluding carboxylic acids is 1. The van der Waals surface area contributed by atoms with E-state index in [0.29, 0.717) is 13.0 Å². The quantitative estimate of drug-likeness (QED) is 0.814. The number of rotatable bonds is 6. The molecule has 0 aliphatic carbocycles. The van der Waals surface area contributed by atoms with Crippen LogP contribution < -0.4 is 10.6 Å². The Bertz CT molecular complexity index is 655.